The molecule has 0 spiro atoms. The quantitative estimate of drug-likeness (QED) is 0.600. The van der Waals surface area contributed by atoms with Crippen LogP contribution in [0, 0.1) is 0 Å². The maximum Gasteiger partial charge on any atom is 0.228 e. The second kappa shape index (κ2) is 13.1. The van der Waals surface area contributed by atoms with E-state index in [1.54, 1.807) is 24.3 Å². The zero-order valence-corrected chi connectivity index (χ0v) is 16.5. The summed E-state index contributed by atoms with van der Waals surface area (Å²) in [6.07, 6.45) is 0. The van der Waals surface area contributed by atoms with Crippen LogP contribution in [0.15, 0.2) is 60.7 Å². The van der Waals surface area contributed by atoms with Crippen LogP contribution in [0.2, 0.25) is 0 Å². The zero-order chi connectivity index (χ0) is 19.9. The molecule has 0 unspecified atom stereocenters. The molecule has 0 saturated carbocycles. The van der Waals surface area contributed by atoms with Crippen LogP contribution in [0.1, 0.15) is 27.7 Å². The Kier molecular flexibility index (Phi) is 10.6. The lowest BCUT2D eigenvalue weighted by atomic mass is 10.2. The number of phenols is 1. The average Bonchev–Trinajstić information content (AvgIpc) is 2.72. The standard InChI is InChI=1S/C13H17N5.C6H6O.C2H6/c1-3-14-12-16-11(10-8-6-5-7-9-10)17-13(18-12)15-4-2;7-6-4-2-1-3-5-6;1-2/h5-9H,3-4H2,1-2H3,(H2,14,15,16,17,18);1-5,7H;1-2H3. The second-order valence-corrected chi connectivity index (χ2v) is 5.07. The molecule has 6 heteroatoms. The van der Waals surface area contributed by atoms with E-state index in [9.17, 15) is 0 Å². The van der Waals surface area contributed by atoms with Gasteiger partial charge in [-0.1, -0.05) is 62.4 Å². The SMILES string of the molecule is CC.CCNc1nc(NCC)nc(-c2ccccc2)n1.Oc1ccccc1. The molecule has 0 amide bonds. The van der Waals surface area contributed by atoms with Gasteiger partial charge in [0.15, 0.2) is 5.82 Å². The van der Waals surface area contributed by atoms with Crippen LogP contribution in [0.5, 0.6) is 5.75 Å². The molecule has 2 aromatic carbocycles. The van der Waals surface area contributed by atoms with Crippen molar-refractivity contribution in [1.82, 2.24) is 15.0 Å². The van der Waals surface area contributed by atoms with Crippen molar-refractivity contribution in [2.45, 2.75) is 27.7 Å². The van der Waals surface area contributed by atoms with Crippen molar-refractivity contribution in [2.75, 3.05) is 23.7 Å². The van der Waals surface area contributed by atoms with Crippen molar-refractivity contribution in [1.29, 1.82) is 0 Å². The molecule has 0 aliphatic rings. The smallest absolute Gasteiger partial charge is 0.228 e. The molecule has 3 N–H and O–H groups in total. The number of aromatic nitrogens is 3. The van der Waals surface area contributed by atoms with Gasteiger partial charge in [0.1, 0.15) is 5.75 Å². The van der Waals surface area contributed by atoms with Gasteiger partial charge in [0.25, 0.3) is 0 Å². The summed E-state index contributed by atoms with van der Waals surface area (Å²) in [7, 11) is 0. The molecular formula is C21H29N5O. The molecular weight excluding hydrogens is 338 g/mol. The minimum Gasteiger partial charge on any atom is -0.508 e. The molecule has 0 aliphatic carbocycles. The Labute approximate surface area is 161 Å². The van der Waals surface area contributed by atoms with Crippen LogP contribution in [0.3, 0.4) is 0 Å². The van der Waals surface area contributed by atoms with Crippen LogP contribution < -0.4 is 10.6 Å². The van der Waals surface area contributed by atoms with E-state index < -0.39 is 0 Å². The molecule has 6 nitrogen and oxygen atoms in total. The average molecular weight is 367 g/mol. The van der Waals surface area contributed by atoms with Crippen molar-refractivity contribution in [3.8, 4) is 17.1 Å². The normalized spacial score (nSPS) is 9.19. The zero-order valence-electron chi connectivity index (χ0n) is 16.5. The molecule has 0 aliphatic heterocycles. The van der Waals surface area contributed by atoms with E-state index in [4.69, 9.17) is 5.11 Å². The Morgan fingerprint density at radius 3 is 1.52 bits per heavy atom. The third-order valence-electron chi connectivity index (χ3n) is 3.09. The molecule has 0 bridgehead atoms. The lowest BCUT2D eigenvalue weighted by Crippen LogP contribution is -2.09. The fourth-order valence-electron chi connectivity index (χ4n) is 1.99. The molecule has 1 heterocycles. The largest absolute Gasteiger partial charge is 0.508 e. The summed E-state index contributed by atoms with van der Waals surface area (Å²) in [6, 6.07) is 18.6. The first kappa shape index (κ1) is 21.9. The fourth-order valence-corrected chi connectivity index (χ4v) is 1.99. The van der Waals surface area contributed by atoms with E-state index in [1.165, 1.54) is 0 Å². The van der Waals surface area contributed by atoms with Gasteiger partial charge in [-0.05, 0) is 26.0 Å². The molecule has 27 heavy (non-hydrogen) atoms. The topological polar surface area (TPSA) is 83.0 Å². The van der Waals surface area contributed by atoms with Gasteiger partial charge in [-0.15, -0.1) is 0 Å². The summed E-state index contributed by atoms with van der Waals surface area (Å²) in [5.74, 6) is 2.20. The number of aromatic hydroxyl groups is 1. The summed E-state index contributed by atoms with van der Waals surface area (Å²) < 4.78 is 0. The van der Waals surface area contributed by atoms with Gasteiger partial charge in [-0.2, -0.15) is 15.0 Å². The molecule has 0 radical (unpaired) electrons. The predicted octanol–water partition coefficient (Wildman–Crippen LogP) is 4.82. The molecule has 3 aromatic rings. The molecule has 0 atom stereocenters. The molecule has 144 valence electrons. The van der Waals surface area contributed by atoms with Crippen molar-refractivity contribution < 1.29 is 5.11 Å². The van der Waals surface area contributed by atoms with Crippen LogP contribution in [0.25, 0.3) is 11.4 Å². The van der Waals surface area contributed by atoms with Gasteiger partial charge >= 0.3 is 0 Å². The Hall–Kier alpha value is -3.15. The number of benzene rings is 2. The Balaban J connectivity index is 0.000000338. The first-order chi connectivity index (χ1) is 13.2. The highest BCUT2D eigenvalue weighted by Crippen LogP contribution is 2.17. The number of phenolic OH excluding ortho intramolecular Hbond substituents is 1. The van der Waals surface area contributed by atoms with Gasteiger partial charge in [0, 0.05) is 18.7 Å². The van der Waals surface area contributed by atoms with Crippen molar-refractivity contribution in [3.63, 3.8) is 0 Å². The highest BCUT2D eigenvalue weighted by atomic mass is 16.3. The monoisotopic (exact) mass is 367 g/mol. The fraction of sp³-hybridized carbons (Fsp3) is 0.286. The predicted molar refractivity (Wildman–Crippen MR) is 113 cm³/mol. The van der Waals surface area contributed by atoms with E-state index in [0.29, 0.717) is 23.5 Å². The molecule has 0 fully saturated rings. The maximum absolute atomic E-state index is 8.63. The number of para-hydroxylation sites is 1. The first-order valence-electron chi connectivity index (χ1n) is 9.26. The van der Waals surface area contributed by atoms with E-state index in [1.807, 2.05) is 64.1 Å². The van der Waals surface area contributed by atoms with Gasteiger partial charge in [-0.25, -0.2) is 0 Å². The number of anilines is 2. The van der Waals surface area contributed by atoms with Gasteiger partial charge in [0.2, 0.25) is 11.9 Å². The molecule has 1 aromatic heterocycles. The van der Waals surface area contributed by atoms with Crippen LogP contribution in [0.4, 0.5) is 11.9 Å². The summed E-state index contributed by atoms with van der Waals surface area (Å²) in [6.45, 7) is 9.59. The first-order valence-corrected chi connectivity index (χ1v) is 9.26. The summed E-state index contributed by atoms with van der Waals surface area (Å²) in [5.41, 5.74) is 0.984. The molecule has 0 saturated heterocycles. The van der Waals surface area contributed by atoms with Crippen LogP contribution >= 0.6 is 0 Å². The summed E-state index contributed by atoms with van der Waals surface area (Å²) in [4.78, 5) is 13.1. The van der Waals surface area contributed by atoms with Crippen LogP contribution in [-0.2, 0) is 0 Å². The maximum atomic E-state index is 8.63. The number of rotatable bonds is 5. The lowest BCUT2D eigenvalue weighted by Gasteiger charge is -2.08. The lowest BCUT2D eigenvalue weighted by molar-refractivity contribution is 0.475. The van der Waals surface area contributed by atoms with Crippen molar-refractivity contribution in [2.24, 2.45) is 0 Å². The van der Waals surface area contributed by atoms with E-state index in [-0.39, 0.29) is 0 Å². The van der Waals surface area contributed by atoms with E-state index >= 15 is 0 Å². The minimum atomic E-state index is 0.322. The van der Waals surface area contributed by atoms with E-state index in [2.05, 4.69) is 25.6 Å². The third-order valence-corrected chi connectivity index (χ3v) is 3.09. The highest BCUT2D eigenvalue weighted by Gasteiger charge is 2.06. The Morgan fingerprint density at radius 1 is 0.704 bits per heavy atom. The van der Waals surface area contributed by atoms with Crippen LogP contribution in [-0.4, -0.2) is 33.1 Å². The summed E-state index contributed by atoms with van der Waals surface area (Å²) in [5, 5.41) is 14.9. The Bertz CT molecular complexity index is 727. The molecule has 3 rings (SSSR count). The Morgan fingerprint density at radius 2 is 1.15 bits per heavy atom. The second-order valence-electron chi connectivity index (χ2n) is 5.07. The number of hydrogen-bond donors (Lipinski definition) is 3. The number of nitrogens with one attached hydrogen (secondary N) is 2. The number of nitrogens with zero attached hydrogens (tertiary/aromatic N) is 3. The minimum absolute atomic E-state index is 0.322. The van der Waals surface area contributed by atoms with E-state index in [0.717, 1.165) is 18.7 Å². The van der Waals surface area contributed by atoms with Gasteiger partial charge < -0.3 is 15.7 Å². The summed E-state index contributed by atoms with van der Waals surface area (Å²) >= 11 is 0. The van der Waals surface area contributed by atoms with Crippen molar-refractivity contribution >= 4 is 11.9 Å². The number of hydrogen-bond acceptors (Lipinski definition) is 6. The van der Waals surface area contributed by atoms with Crippen molar-refractivity contribution in [3.05, 3.63) is 60.7 Å². The highest BCUT2D eigenvalue weighted by molar-refractivity contribution is 5.57. The van der Waals surface area contributed by atoms with Gasteiger partial charge in [0.05, 0.1) is 0 Å². The van der Waals surface area contributed by atoms with Gasteiger partial charge in [-0.3, -0.25) is 0 Å². The third kappa shape index (κ3) is 8.18.